The summed E-state index contributed by atoms with van der Waals surface area (Å²) in [6.07, 6.45) is 0.649. The minimum atomic E-state index is -0.422. The van der Waals surface area contributed by atoms with Crippen molar-refractivity contribution >= 4 is 34.2 Å². The van der Waals surface area contributed by atoms with Crippen LogP contribution in [0.1, 0.15) is 13.3 Å². The zero-order chi connectivity index (χ0) is 10.6. The summed E-state index contributed by atoms with van der Waals surface area (Å²) in [5.74, 6) is -0.131. The van der Waals surface area contributed by atoms with Crippen LogP contribution in [-0.4, -0.2) is 11.9 Å². The minimum absolute atomic E-state index is 0.131. The smallest absolute Gasteiger partial charge is 0.241 e. The van der Waals surface area contributed by atoms with E-state index in [0.29, 0.717) is 6.42 Å². The van der Waals surface area contributed by atoms with E-state index in [2.05, 4.69) is 27.9 Å². The lowest BCUT2D eigenvalue weighted by atomic mass is 10.2. The van der Waals surface area contributed by atoms with E-state index in [1.807, 2.05) is 31.2 Å². The highest BCUT2D eigenvalue weighted by atomic mass is 127. The number of nitrogens with one attached hydrogen (secondary N) is 1. The number of nitrogens with two attached hydrogens (primary N) is 1. The van der Waals surface area contributed by atoms with E-state index in [0.717, 1.165) is 9.26 Å². The van der Waals surface area contributed by atoms with E-state index in [1.54, 1.807) is 0 Å². The summed E-state index contributed by atoms with van der Waals surface area (Å²) in [6, 6.07) is 7.18. The number of rotatable bonds is 3. The number of amides is 1. The van der Waals surface area contributed by atoms with Gasteiger partial charge in [-0.15, -0.1) is 0 Å². The van der Waals surface area contributed by atoms with Crippen molar-refractivity contribution in [3.8, 4) is 0 Å². The Morgan fingerprint density at radius 2 is 2.07 bits per heavy atom. The second kappa shape index (κ2) is 5.31. The van der Waals surface area contributed by atoms with Crippen LogP contribution >= 0.6 is 22.6 Å². The summed E-state index contributed by atoms with van der Waals surface area (Å²) < 4.78 is 1.14. The second-order valence-corrected chi connectivity index (χ2v) is 4.26. The van der Waals surface area contributed by atoms with Crippen LogP contribution in [0.3, 0.4) is 0 Å². The van der Waals surface area contributed by atoms with E-state index in [9.17, 15) is 4.79 Å². The first-order valence-electron chi connectivity index (χ1n) is 4.45. The number of carbonyl (C=O) groups excluding carboxylic acids is 1. The van der Waals surface area contributed by atoms with Gasteiger partial charge in [0, 0.05) is 9.26 Å². The molecule has 1 aromatic rings. The highest BCUT2D eigenvalue weighted by molar-refractivity contribution is 14.1. The average Bonchev–Trinajstić information content (AvgIpc) is 2.20. The zero-order valence-electron chi connectivity index (χ0n) is 7.96. The van der Waals surface area contributed by atoms with Gasteiger partial charge < -0.3 is 11.1 Å². The van der Waals surface area contributed by atoms with Gasteiger partial charge in [-0.2, -0.15) is 0 Å². The van der Waals surface area contributed by atoms with Crippen LogP contribution in [0.5, 0.6) is 0 Å². The van der Waals surface area contributed by atoms with E-state index in [4.69, 9.17) is 5.73 Å². The maximum Gasteiger partial charge on any atom is 0.241 e. The fourth-order valence-electron chi connectivity index (χ4n) is 0.954. The van der Waals surface area contributed by atoms with Crippen LogP contribution in [0, 0.1) is 3.57 Å². The highest BCUT2D eigenvalue weighted by Crippen LogP contribution is 2.11. The lowest BCUT2D eigenvalue weighted by Gasteiger charge is -2.09. The molecule has 3 nitrogen and oxygen atoms in total. The molecule has 0 fully saturated rings. The normalized spacial score (nSPS) is 12.2. The van der Waals surface area contributed by atoms with Gasteiger partial charge in [0.15, 0.2) is 0 Å². The van der Waals surface area contributed by atoms with Gasteiger partial charge in [0.2, 0.25) is 5.91 Å². The van der Waals surface area contributed by atoms with Crippen LogP contribution in [0.2, 0.25) is 0 Å². The summed E-state index contributed by atoms with van der Waals surface area (Å²) in [7, 11) is 0. The number of halogens is 1. The van der Waals surface area contributed by atoms with Crippen molar-refractivity contribution in [3.63, 3.8) is 0 Å². The zero-order valence-corrected chi connectivity index (χ0v) is 10.1. The Kier molecular flexibility index (Phi) is 4.34. The Balaban J connectivity index is 2.60. The molecule has 0 spiro atoms. The number of hydrogen-bond donors (Lipinski definition) is 2. The fraction of sp³-hybridized carbons (Fsp3) is 0.300. The van der Waals surface area contributed by atoms with Crippen LogP contribution in [0.4, 0.5) is 5.69 Å². The lowest BCUT2D eigenvalue weighted by molar-refractivity contribution is -0.117. The Bertz CT molecular complexity index is 310. The molecule has 1 atom stereocenters. The quantitative estimate of drug-likeness (QED) is 0.839. The van der Waals surface area contributed by atoms with E-state index in [1.165, 1.54) is 0 Å². The molecule has 0 aliphatic carbocycles. The van der Waals surface area contributed by atoms with E-state index >= 15 is 0 Å². The molecule has 4 heteroatoms. The van der Waals surface area contributed by atoms with Crippen molar-refractivity contribution in [1.82, 2.24) is 0 Å². The molecule has 1 aromatic carbocycles. The van der Waals surface area contributed by atoms with Gasteiger partial charge in [-0.25, -0.2) is 0 Å². The maximum atomic E-state index is 11.4. The van der Waals surface area contributed by atoms with Gasteiger partial charge in [0.1, 0.15) is 0 Å². The van der Waals surface area contributed by atoms with Crippen LogP contribution < -0.4 is 11.1 Å². The first kappa shape index (κ1) is 11.5. The number of benzene rings is 1. The molecule has 14 heavy (non-hydrogen) atoms. The molecule has 0 aliphatic heterocycles. The molecule has 1 rings (SSSR count). The molecule has 76 valence electrons. The van der Waals surface area contributed by atoms with Crippen molar-refractivity contribution in [2.45, 2.75) is 19.4 Å². The van der Waals surface area contributed by atoms with Crippen LogP contribution in [0.15, 0.2) is 24.3 Å². The third-order valence-electron chi connectivity index (χ3n) is 1.89. The summed E-state index contributed by atoms with van der Waals surface area (Å²) in [5, 5.41) is 2.75. The predicted molar refractivity (Wildman–Crippen MR) is 66.1 cm³/mol. The summed E-state index contributed by atoms with van der Waals surface area (Å²) in [5.41, 5.74) is 6.37. The molecule has 0 radical (unpaired) electrons. The second-order valence-electron chi connectivity index (χ2n) is 3.01. The molecule has 3 N–H and O–H groups in total. The maximum absolute atomic E-state index is 11.4. The average molecular weight is 304 g/mol. The minimum Gasteiger partial charge on any atom is -0.325 e. The topological polar surface area (TPSA) is 55.1 Å². The van der Waals surface area contributed by atoms with E-state index in [-0.39, 0.29) is 5.91 Å². The summed E-state index contributed by atoms with van der Waals surface area (Å²) >= 11 is 2.21. The van der Waals surface area contributed by atoms with Crippen molar-refractivity contribution in [1.29, 1.82) is 0 Å². The molecule has 0 aromatic heterocycles. The number of anilines is 1. The van der Waals surface area contributed by atoms with E-state index < -0.39 is 6.04 Å². The van der Waals surface area contributed by atoms with Gasteiger partial charge in [0.05, 0.1) is 6.04 Å². The van der Waals surface area contributed by atoms with Crippen molar-refractivity contribution < 1.29 is 4.79 Å². The summed E-state index contributed by atoms with van der Waals surface area (Å²) in [6.45, 7) is 1.89. The molecule has 0 saturated carbocycles. The SMILES string of the molecule is CC[C@@H](N)C(=O)Nc1ccc(I)cc1. The molecule has 0 aliphatic rings. The van der Waals surface area contributed by atoms with Gasteiger partial charge in [-0.05, 0) is 53.3 Å². The third-order valence-corrected chi connectivity index (χ3v) is 2.61. The fourth-order valence-corrected chi connectivity index (χ4v) is 1.31. The molecule has 0 heterocycles. The molecular weight excluding hydrogens is 291 g/mol. The van der Waals surface area contributed by atoms with Gasteiger partial charge >= 0.3 is 0 Å². The third kappa shape index (κ3) is 3.26. The first-order valence-corrected chi connectivity index (χ1v) is 5.53. The lowest BCUT2D eigenvalue weighted by Crippen LogP contribution is -2.34. The number of hydrogen-bond acceptors (Lipinski definition) is 2. The molecule has 0 bridgehead atoms. The Morgan fingerprint density at radius 3 is 2.57 bits per heavy atom. The highest BCUT2D eigenvalue weighted by Gasteiger charge is 2.10. The Labute approximate surface area is 97.2 Å². The molecule has 0 saturated heterocycles. The number of carbonyl (C=O) groups is 1. The monoisotopic (exact) mass is 304 g/mol. The Morgan fingerprint density at radius 1 is 1.50 bits per heavy atom. The largest absolute Gasteiger partial charge is 0.325 e. The van der Waals surface area contributed by atoms with Crippen molar-refractivity contribution in [2.75, 3.05) is 5.32 Å². The van der Waals surface area contributed by atoms with Crippen molar-refractivity contribution in [2.24, 2.45) is 5.73 Å². The standard InChI is InChI=1S/C10H13IN2O/c1-2-9(12)10(14)13-8-5-3-7(11)4-6-8/h3-6,9H,2,12H2,1H3,(H,13,14)/t9-/m1/s1. The van der Waals surface area contributed by atoms with Crippen LogP contribution in [-0.2, 0) is 4.79 Å². The van der Waals surface area contributed by atoms with Crippen molar-refractivity contribution in [3.05, 3.63) is 27.8 Å². The Hall–Kier alpha value is -0.620. The first-order chi connectivity index (χ1) is 6.63. The predicted octanol–water partition coefficient (Wildman–Crippen LogP) is 1.97. The molecular formula is C10H13IN2O. The molecule has 1 amide bonds. The summed E-state index contributed by atoms with van der Waals surface area (Å²) in [4.78, 5) is 11.4. The van der Waals surface area contributed by atoms with Gasteiger partial charge in [-0.1, -0.05) is 6.92 Å². The van der Waals surface area contributed by atoms with Crippen LogP contribution in [0.25, 0.3) is 0 Å². The molecule has 0 unspecified atom stereocenters. The van der Waals surface area contributed by atoms with Gasteiger partial charge in [0.25, 0.3) is 0 Å². The van der Waals surface area contributed by atoms with Gasteiger partial charge in [-0.3, -0.25) is 4.79 Å².